The summed E-state index contributed by atoms with van der Waals surface area (Å²) in [5, 5.41) is 20.2. The molecule has 1 fully saturated rings. The van der Waals surface area contributed by atoms with E-state index in [0.717, 1.165) is 44.2 Å². The van der Waals surface area contributed by atoms with Gasteiger partial charge in [-0.2, -0.15) is 0 Å². The molecule has 0 atom stereocenters. The Kier molecular flexibility index (Phi) is 6.17. The first-order valence-electron chi connectivity index (χ1n) is 10.8. The van der Waals surface area contributed by atoms with Crippen molar-refractivity contribution in [2.24, 2.45) is 0 Å². The molecular weight excluding hydrogens is 398 g/mol. The molecular formula is C21H29N7O3. The maximum absolute atomic E-state index is 13.0. The smallest absolute Gasteiger partial charge is 0.293 e. The van der Waals surface area contributed by atoms with Gasteiger partial charge in [0.2, 0.25) is 0 Å². The number of nitro groups is 1. The molecule has 1 amide bonds. The maximum Gasteiger partial charge on any atom is 0.293 e. The number of anilines is 1. The summed E-state index contributed by atoms with van der Waals surface area (Å²) in [5.74, 6) is 1.93. The number of carbonyl (C=O) groups excluding carboxylic acids is 1. The quantitative estimate of drug-likeness (QED) is 0.531. The number of rotatable bonds is 5. The van der Waals surface area contributed by atoms with Crippen LogP contribution in [0, 0.1) is 10.1 Å². The van der Waals surface area contributed by atoms with Gasteiger partial charge in [-0.05, 0) is 25.0 Å². The zero-order valence-electron chi connectivity index (χ0n) is 18.2. The van der Waals surface area contributed by atoms with Crippen LogP contribution < -0.4 is 4.90 Å². The van der Waals surface area contributed by atoms with Gasteiger partial charge < -0.3 is 14.4 Å². The number of benzene rings is 1. The second-order valence-electron chi connectivity index (χ2n) is 8.42. The number of carbonyl (C=O) groups is 1. The minimum atomic E-state index is -0.439. The highest BCUT2D eigenvalue weighted by Crippen LogP contribution is 2.28. The summed E-state index contributed by atoms with van der Waals surface area (Å²) in [7, 11) is 3.49. The summed E-state index contributed by atoms with van der Waals surface area (Å²) in [5.41, 5.74) is 0.786. The molecule has 31 heavy (non-hydrogen) atoms. The average molecular weight is 428 g/mol. The summed E-state index contributed by atoms with van der Waals surface area (Å²) in [6.07, 6.45) is 4.57. The molecule has 2 aliphatic heterocycles. The molecule has 4 rings (SSSR count). The number of amides is 1. The molecule has 2 aromatic rings. The normalized spacial score (nSPS) is 17.2. The zero-order valence-corrected chi connectivity index (χ0v) is 18.2. The Labute approximate surface area is 181 Å². The molecule has 0 bridgehead atoms. The Hall–Kier alpha value is -3.01. The van der Waals surface area contributed by atoms with E-state index in [0.29, 0.717) is 24.3 Å². The van der Waals surface area contributed by atoms with E-state index in [9.17, 15) is 14.9 Å². The first-order chi connectivity index (χ1) is 14.9. The van der Waals surface area contributed by atoms with Crippen LogP contribution in [0.3, 0.4) is 0 Å². The van der Waals surface area contributed by atoms with Gasteiger partial charge in [-0.3, -0.25) is 19.8 Å². The SMILES string of the molecule is CN(C)c1ccc(C(=O)N2CCN(Cc3nnc4n3CCCCC4)CC2)cc1[N+](=O)[O-]. The van der Waals surface area contributed by atoms with Crippen LogP contribution in [-0.2, 0) is 19.5 Å². The summed E-state index contributed by atoms with van der Waals surface area (Å²) in [6.45, 7) is 4.37. The molecule has 3 heterocycles. The van der Waals surface area contributed by atoms with Gasteiger partial charge in [-0.25, -0.2) is 0 Å². The topological polar surface area (TPSA) is 101 Å². The predicted molar refractivity (Wildman–Crippen MR) is 116 cm³/mol. The van der Waals surface area contributed by atoms with E-state index in [4.69, 9.17) is 0 Å². The fourth-order valence-corrected chi connectivity index (χ4v) is 4.33. The van der Waals surface area contributed by atoms with Crippen molar-refractivity contribution in [1.29, 1.82) is 0 Å². The van der Waals surface area contributed by atoms with Crippen LogP contribution in [0.4, 0.5) is 11.4 Å². The van der Waals surface area contributed by atoms with Crippen LogP contribution in [0.5, 0.6) is 0 Å². The van der Waals surface area contributed by atoms with Crippen molar-refractivity contribution in [1.82, 2.24) is 24.6 Å². The number of aryl methyl sites for hydroxylation is 1. The van der Waals surface area contributed by atoms with Crippen LogP contribution in [0.2, 0.25) is 0 Å². The van der Waals surface area contributed by atoms with E-state index in [1.54, 1.807) is 36.0 Å². The van der Waals surface area contributed by atoms with Crippen molar-refractivity contribution in [3.05, 3.63) is 45.5 Å². The lowest BCUT2D eigenvalue weighted by molar-refractivity contribution is -0.384. The Balaban J connectivity index is 1.39. The van der Waals surface area contributed by atoms with Crippen molar-refractivity contribution in [3.63, 3.8) is 0 Å². The summed E-state index contributed by atoms with van der Waals surface area (Å²) in [4.78, 5) is 29.7. The number of nitrogens with zero attached hydrogens (tertiary/aromatic N) is 7. The Morgan fingerprint density at radius 1 is 1.10 bits per heavy atom. The highest BCUT2D eigenvalue weighted by Gasteiger charge is 2.26. The lowest BCUT2D eigenvalue weighted by Gasteiger charge is -2.34. The van der Waals surface area contributed by atoms with Gasteiger partial charge >= 0.3 is 0 Å². The van der Waals surface area contributed by atoms with Gasteiger partial charge in [-0.15, -0.1) is 10.2 Å². The Morgan fingerprint density at radius 2 is 1.87 bits per heavy atom. The number of piperazine rings is 1. The summed E-state index contributed by atoms with van der Waals surface area (Å²) < 4.78 is 2.26. The molecule has 0 radical (unpaired) electrons. The van der Waals surface area contributed by atoms with Gasteiger partial charge in [0.25, 0.3) is 11.6 Å². The third-order valence-corrected chi connectivity index (χ3v) is 6.11. The minimum absolute atomic E-state index is 0.0537. The molecule has 2 aliphatic rings. The van der Waals surface area contributed by atoms with Gasteiger partial charge in [-0.1, -0.05) is 6.42 Å². The Morgan fingerprint density at radius 3 is 2.58 bits per heavy atom. The Bertz CT molecular complexity index is 964. The van der Waals surface area contributed by atoms with Crippen LogP contribution in [-0.4, -0.2) is 75.7 Å². The molecule has 0 unspecified atom stereocenters. The monoisotopic (exact) mass is 427 g/mol. The average Bonchev–Trinajstić information content (AvgIpc) is 2.98. The van der Waals surface area contributed by atoms with Gasteiger partial charge in [0.05, 0.1) is 11.5 Å². The maximum atomic E-state index is 13.0. The second kappa shape index (κ2) is 9.01. The van der Waals surface area contributed by atoms with E-state index in [-0.39, 0.29) is 11.6 Å². The molecule has 10 nitrogen and oxygen atoms in total. The van der Waals surface area contributed by atoms with Crippen molar-refractivity contribution < 1.29 is 9.72 Å². The van der Waals surface area contributed by atoms with Crippen LogP contribution in [0.1, 0.15) is 41.3 Å². The molecule has 0 N–H and O–H groups in total. The lowest BCUT2D eigenvalue weighted by atomic mass is 10.1. The van der Waals surface area contributed by atoms with E-state index in [2.05, 4.69) is 19.7 Å². The van der Waals surface area contributed by atoms with Crippen LogP contribution in [0.25, 0.3) is 0 Å². The zero-order chi connectivity index (χ0) is 22.0. The standard InChI is InChI=1S/C21H29N7O3/c1-24(2)17-8-7-16(14-18(17)28(30)31)21(29)26-12-10-25(11-13-26)15-20-23-22-19-6-4-3-5-9-27(19)20/h7-8,14H,3-6,9-13,15H2,1-2H3. The molecule has 166 valence electrons. The lowest BCUT2D eigenvalue weighted by Crippen LogP contribution is -2.48. The van der Waals surface area contributed by atoms with E-state index in [1.165, 1.54) is 25.3 Å². The van der Waals surface area contributed by atoms with E-state index >= 15 is 0 Å². The third-order valence-electron chi connectivity index (χ3n) is 6.11. The van der Waals surface area contributed by atoms with Crippen LogP contribution >= 0.6 is 0 Å². The number of aromatic nitrogens is 3. The number of hydrogen-bond acceptors (Lipinski definition) is 7. The molecule has 1 saturated heterocycles. The molecule has 1 aromatic heterocycles. The van der Waals surface area contributed by atoms with E-state index in [1.807, 2.05) is 0 Å². The molecule has 10 heteroatoms. The fraction of sp³-hybridized carbons (Fsp3) is 0.571. The van der Waals surface area contributed by atoms with Gasteiger partial charge in [0.15, 0.2) is 0 Å². The van der Waals surface area contributed by atoms with Gasteiger partial charge in [0, 0.05) is 64.9 Å². The summed E-state index contributed by atoms with van der Waals surface area (Å²) in [6, 6.07) is 4.69. The number of hydrogen-bond donors (Lipinski definition) is 0. The first-order valence-corrected chi connectivity index (χ1v) is 10.8. The highest BCUT2D eigenvalue weighted by molar-refractivity contribution is 5.95. The largest absolute Gasteiger partial charge is 0.372 e. The van der Waals surface area contributed by atoms with Crippen molar-refractivity contribution in [2.45, 2.75) is 38.8 Å². The van der Waals surface area contributed by atoms with Crippen molar-refractivity contribution >= 4 is 17.3 Å². The third kappa shape index (κ3) is 4.53. The van der Waals surface area contributed by atoms with Gasteiger partial charge in [0.1, 0.15) is 17.3 Å². The summed E-state index contributed by atoms with van der Waals surface area (Å²) >= 11 is 0. The second-order valence-corrected chi connectivity index (χ2v) is 8.42. The fourth-order valence-electron chi connectivity index (χ4n) is 4.33. The highest BCUT2D eigenvalue weighted by atomic mass is 16.6. The van der Waals surface area contributed by atoms with Crippen molar-refractivity contribution in [3.8, 4) is 0 Å². The molecule has 1 aromatic carbocycles. The number of nitro benzene ring substituents is 1. The predicted octanol–water partition coefficient (Wildman–Crippen LogP) is 1.94. The number of fused-ring (bicyclic) bond motifs is 1. The van der Waals surface area contributed by atoms with E-state index < -0.39 is 4.92 Å². The minimum Gasteiger partial charge on any atom is -0.372 e. The molecule has 0 aliphatic carbocycles. The molecule has 0 spiro atoms. The first kappa shape index (κ1) is 21.2. The van der Waals surface area contributed by atoms with Crippen LogP contribution in [0.15, 0.2) is 18.2 Å². The molecule has 0 saturated carbocycles. The van der Waals surface area contributed by atoms with Crippen molar-refractivity contribution in [2.75, 3.05) is 45.2 Å².